The van der Waals surface area contributed by atoms with Gasteiger partial charge in [0.1, 0.15) is 0 Å². The van der Waals surface area contributed by atoms with Crippen LogP contribution in [0.2, 0.25) is 0 Å². The maximum Gasteiger partial charge on any atom is 0.0472 e. The summed E-state index contributed by atoms with van der Waals surface area (Å²) in [7, 11) is 0. The van der Waals surface area contributed by atoms with Gasteiger partial charge in [-0.3, -0.25) is 4.99 Å². The van der Waals surface area contributed by atoms with Crippen molar-refractivity contribution in [3.05, 3.63) is 0 Å². The highest BCUT2D eigenvalue weighted by Gasteiger charge is 2.25. The van der Waals surface area contributed by atoms with Crippen LogP contribution in [-0.2, 0) is 4.74 Å². The van der Waals surface area contributed by atoms with Crippen molar-refractivity contribution < 1.29 is 4.74 Å². The van der Waals surface area contributed by atoms with E-state index in [2.05, 4.69) is 6.92 Å². The lowest BCUT2D eigenvalue weighted by Gasteiger charge is -2.29. The molecule has 74 valence electrons. The molecule has 2 heteroatoms. The van der Waals surface area contributed by atoms with E-state index < -0.39 is 0 Å². The van der Waals surface area contributed by atoms with Gasteiger partial charge in [-0.1, -0.05) is 6.92 Å². The van der Waals surface area contributed by atoms with Gasteiger partial charge >= 0.3 is 0 Å². The highest BCUT2D eigenvalue weighted by atomic mass is 16.5. The summed E-state index contributed by atoms with van der Waals surface area (Å²) in [5, 5.41) is 0. The zero-order valence-corrected chi connectivity index (χ0v) is 8.46. The third-order valence-corrected chi connectivity index (χ3v) is 3.23. The van der Waals surface area contributed by atoms with E-state index in [9.17, 15) is 0 Å². The van der Waals surface area contributed by atoms with Crippen LogP contribution in [0.5, 0.6) is 0 Å². The van der Waals surface area contributed by atoms with Gasteiger partial charge in [0.05, 0.1) is 0 Å². The Morgan fingerprint density at radius 2 is 2.00 bits per heavy atom. The zero-order valence-electron chi connectivity index (χ0n) is 8.46. The summed E-state index contributed by atoms with van der Waals surface area (Å²) in [5.74, 6) is 1.47. The minimum absolute atomic E-state index is 0.733. The van der Waals surface area contributed by atoms with Gasteiger partial charge in [0.15, 0.2) is 0 Å². The molecule has 2 aliphatic rings. The van der Waals surface area contributed by atoms with E-state index in [0.29, 0.717) is 0 Å². The molecule has 1 atom stereocenters. The number of nitrogens with zero attached hydrogens (tertiary/aromatic N) is 1. The first-order valence-corrected chi connectivity index (χ1v) is 5.50. The monoisotopic (exact) mass is 181 g/mol. The van der Waals surface area contributed by atoms with E-state index in [-0.39, 0.29) is 0 Å². The van der Waals surface area contributed by atoms with Crippen LogP contribution in [0.3, 0.4) is 0 Å². The Hall–Kier alpha value is -0.370. The first-order valence-electron chi connectivity index (χ1n) is 5.50. The van der Waals surface area contributed by atoms with Crippen molar-refractivity contribution in [2.45, 2.75) is 32.6 Å². The molecule has 1 unspecified atom stereocenters. The summed E-state index contributed by atoms with van der Waals surface area (Å²) in [6, 6.07) is 0. The number of rotatable bonds is 1. The fraction of sp³-hybridized carbons (Fsp3) is 0.909. The fourth-order valence-electron chi connectivity index (χ4n) is 2.43. The Bertz CT molecular complexity index is 194. The summed E-state index contributed by atoms with van der Waals surface area (Å²) >= 11 is 0. The van der Waals surface area contributed by atoms with Crippen LogP contribution in [0.25, 0.3) is 0 Å². The van der Waals surface area contributed by atoms with Crippen LogP contribution in [0.4, 0.5) is 0 Å². The predicted molar refractivity (Wildman–Crippen MR) is 54.2 cm³/mol. The average molecular weight is 181 g/mol. The minimum Gasteiger partial charge on any atom is -0.381 e. The Morgan fingerprint density at radius 3 is 2.69 bits per heavy atom. The summed E-state index contributed by atoms with van der Waals surface area (Å²) in [4.78, 5) is 4.70. The molecule has 0 aromatic carbocycles. The molecular weight excluding hydrogens is 162 g/mol. The van der Waals surface area contributed by atoms with Crippen molar-refractivity contribution in [1.82, 2.24) is 0 Å². The molecule has 0 aromatic heterocycles. The van der Waals surface area contributed by atoms with Crippen LogP contribution in [0.1, 0.15) is 32.6 Å². The summed E-state index contributed by atoms with van der Waals surface area (Å²) in [5.41, 5.74) is 1.49. The first-order chi connectivity index (χ1) is 6.38. The van der Waals surface area contributed by atoms with E-state index in [4.69, 9.17) is 9.73 Å². The quantitative estimate of drug-likeness (QED) is 0.608. The Morgan fingerprint density at radius 1 is 1.23 bits per heavy atom. The molecule has 0 amide bonds. The fourth-order valence-corrected chi connectivity index (χ4v) is 2.43. The molecule has 0 saturated carbocycles. The summed E-state index contributed by atoms with van der Waals surface area (Å²) in [6.45, 7) is 5.28. The molecular formula is C11H19NO. The van der Waals surface area contributed by atoms with Crippen LogP contribution >= 0.6 is 0 Å². The van der Waals surface area contributed by atoms with Crippen molar-refractivity contribution in [3.8, 4) is 0 Å². The van der Waals surface area contributed by atoms with Gasteiger partial charge in [0.25, 0.3) is 0 Å². The van der Waals surface area contributed by atoms with E-state index >= 15 is 0 Å². The van der Waals surface area contributed by atoms with E-state index in [0.717, 1.165) is 31.6 Å². The lowest BCUT2D eigenvalue weighted by atomic mass is 9.84. The number of ether oxygens (including phenoxy) is 1. The predicted octanol–water partition coefficient (Wildman–Crippen LogP) is 2.28. The molecule has 0 aromatic rings. The van der Waals surface area contributed by atoms with Gasteiger partial charge in [-0.05, 0) is 31.6 Å². The number of hydrogen-bond acceptors (Lipinski definition) is 2. The number of hydrogen-bond donors (Lipinski definition) is 0. The molecule has 2 rings (SSSR count). The van der Waals surface area contributed by atoms with Gasteiger partial charge in [-0.25, -0.2) is 0 Å². The summed E-state index contributed by atoms with van der Waals surface area (Å²) < 4.78 is 5.37. The smallest absolute Gasteiger partial charge is 0.0472 e. The van der Waals surface area contributed by atoms with E-state index in [1.807, 2.05) is 0 Å². The maximum absolute atomic E-state index is 5.37. The molecule has 2 aliphatic heterocycles. The number of aliphatic imine (C=N–C) groups is 1. The Labute approximate surface area is 80.4 Å². The molecule has 0 spiro atoms. The van der Waals surface area contributed by atoms with Crippen LogP contribution < -0.4 is 0 Å². The Kier molecular flexibility index (Phi) is 2.99. The summed E-state index contributed by atoms with van der Waals surface area (Å²) in [6.07, 6.45) is 5.02. The topological polar surface area (TPSA) is 21.6 Å². The molecule has 1 fully saturated rings. The van der Waals surface area contributed by atoms with Gasteiger partial charge in [0, 0.05) is 31.4 Å². The Balaban J connectivity index is 2.00. The van der Waals surface area contributed by atoms with Crippen molar-refractivity contribution in [1.29, 1.82) is 0 Å². The van der Waals surface area contributed by atoms with Crippen molar-refractivity contribution in [2.24, 2.45) is 16.8 Å². The molecule has 0 aliphatic carbocycles. The second-order valence-corrected chi connectivity index (χ2v) is 4.24. The molecule has 2 heterocycles. The van der Waals surface area contributed by atoms with E-state index in [1.54, 1.807) is 0 Å². The molecule has 0 N–H and O–H groups in total. The first kappa shape index (κ1) is 9.20. The van der Waals surface area contributed by atoms with Crippen LogP contribution in [0.15, 0.2) is 4.99 Å². The third kappa shape index (κ3) is 2.11. The molecule has 2 nitrogen and oxygen atoms in total. The third-order valence-electron chi connectivity index (χ3n) is 3.23. The van der Waals surface area contributed by atoms with Gasteiger partial charge in [0.2, 0.25) is 0 Å². The molecule has 0 bridgehead atoms. The van der Waals surface area contributed by atoms with Crippen molar-refractivity contribution in [2.75, 3.05) is 19.8 Å². The van der Waals surface area contributed by atoms with Gasteiger partial charge in [-0.2, -0.15) is 0 Å². The largest absolute Gasteiger partial charge is 0.381 e. The molecule has 0 radical (unpaired) electrons. The van der Waals surface area contributed by atoms with Crippen molar-refractivity contribution >= 4 is 5.71 Å². The average Bonchev–Trinajstić information content (AvgIpc) is 2.20. The minimum atomic E-state index is 0.733. The van der Waals surface area contributed by atoms with E-state index in [1.165, 1.54) is 31.4 Å². The van der Waals surface area contributed by atoms with Crippen LogP contribution in [0, 0.1) is 11.8 Å². The van der Waals surface area contributed by atoms with Gasteiger partial charge < -0.3 is 4.74 Å². The SMILES string of the molecule is CC1CCCN=C1C1CCOCC1. The second kappa shape index (κ2) is 4.23. The highest BCUT2D eigenvalue weighted by molar-refractivity contribution is 5.89. The standard InChI is InChI=1S/C11H19NO/c1-9-3-2-6-12-11(9)10-4-7-13-8-5-10/h9-10H,2-8H2,1H3. The van der Waals surface area contributed by atoms with Crippen molar-refractivity contribution in [3.63, 3.8) is 0 Å². The lowest BCUT2D eigenvalue weighted by Crippen LogP contribution is -2.30. The lowest BCUT2D eigenvalue weighted by molar-refractivity contribution is 0.0815. The van der Waals surface area contributed by atoms with Crippen LogP contribution in [-0.4, -0.2) is 25.5 Å². The molecule has 1 saturated heterocycles. The van der Waals surface area contributed by atoms with Gasteiger partial charge in [-0.15, -0.1) is 0 Å². The molecule has 13 heavy (non-hydrogen) atoms. The second-order valence-electron chi connectivity index (χ2n) is 4.24. The zero-order chi connectivity index (χ0) is 9.10. The highest BCUT2D eigenvalue weighted by Crippen LogP contribution is 2.25. The maximum atomic E-state index is 5.37. The normalized spacial score (nSPS) is 31.5.